The Hall–Kier alpha value is -2.77. The molecule has 146 valence electrons. The summed E-state index contributed by atoms with van der Waals surface area (Å²) in [5.41, 5.74) is 12.1. The molecule has 3 aromatic heterocycles. The number of nitrogens with one attached hydrogen (secondary N) is 1. The lowest BCUT2D eigenvalue weighted by Crippen LogP contribution is -2.27. The Kier molecular flexibility index (Phi) is 4.77. The lowest BCUT2D eigenvalue weighted by atomic mass is 9.94. The van der Waals surface area contributed by atoms with Crippen LogP contribution in [0.25, 0.3) is 28.0 Å². The minimum absolute atomic E-state index is 0.388. The first-order valence-electron chi connectivity index (χ1n) is 9.77. The van der Waals surface area contributed by atoms with Crippen molar-refractivity contribution in [2.24, 2.45) is 0 Å². The van der Waals surface area contributed by atoms with E-state index in [0.717, 1.165) is 64.1 Å². The Balaban J connectivity index is 1.57. The quantitative estimate of drug-likeness (QED) is 0.488. The molecule has 0 radical (unpaired) electrons. The molecule has 5 rings (SSSR count). The van der Waals surface area contributed by atoms with Crippen LogP contribution in [0.4, 0.5) is 5.82 Å². The van der Waals surface area contributed by atoms with Gasteiger partial charge in [-0.3, -0.25) is 4.98 Å². The minimum atomic E-state index is 0.388. The summed E-state index contributed by atoms with van der Waals surface area (Å²) in [6.45, 7) is 2.00. The highest BCUT2D eigenvalue weighted by molar-refractivity contribution is 9.10. The third-order valence-electron chi connectivity index (χ3n) is 5.52. The number of fused-ring (bicyclic) bond motifs is 1. The molecule has 4 aromatic rings. The molecule has 1 aromatic carbocycles. The maximum Gasteiger partial charge on any atom is 0.165 e. The van der Waals surface area contributed by atoms with Gasteiger partial charge in [-0.2, -0.15) is 9.61 Å². The summed E-state index contributed by atoms with van der Waals surface area (Å²) in [6, 6.07) is 14.3. The molecule has 7 heteroatoms. The van der Waals surface area contributed by atoms with Crippen molar-refractivity contribution in [1.29, 1.82) is 0 Å². The van der Waals surface area contributed by atoms with E-state index >= 15 is 0 Å². The predicted molar refractivity (Wildman–Crippen MR) is 119 cm³/mol. The minimum Gasteiger partial charge on any atom is -0.383 e. The van der Waals surface area contributed by atoms with Crippen molar-refractivity contribution in [3.8, 4) is 22.4 Å². The van der Waals surface area contributed by atoms with Gasteiger partial charge in [-0.1, -0.05) is 36.4 Å². The highest BCUT2D eigenvalue weighted by Crippen LogP contribution is 2.36. The number of rotatable bonds is 3. The normalized spacial score (nSPS) is 15.1. The van der Waals surface area contributed by atoms with Gasteiger partial charge in [-0.25, -0.2) is 4.98 Å². The van der Waals surface area contributed by atoms with Gasteiger partial charge < -0.3 is 11.1 Å². The summed E-state index contributed by atoms with van der Waals surface area (Å²) in [5, 5.41) is 7.89. The van der Waals surface area contributed by atoms with Crippen molar-refractivity contribution in [3.63, 3.8) is 0 Å². The van der Waals surface area contributed by atoms with Crippen LogP contribution in [0.2, 0.25) is 0 Å². The number of anilines is 1. The summed E-state index contributed by atoms with van der Waals surface area (Å²) in [5.74, 6) is 0.975. The molecule has 0 saturated carbocycles. The van der Waals surface area contributed by atoms with Gasteiger partial charge >= 0.3 is 0 Å². The molecule has 29 heavy (non-hydrogen) atoms. The number of pyridine rings is 1. The second-order valence-electron chi connectivity index (χ2n) is 7.31. The zero-order valence-corrected chi connectivity index (χ0v) is 17.4. The van der Waals surface area contributed by atoms with Gasteiger partial charge in [0, 0.05) is 28.8 Å². The number of hydrogen-bond donors (Lipinski definition) is 2. The average molecular weight is 449 g/mol. The van der Waals surface area contributed by atoms with Gasteiger partial charge in [0.25, 0.3) is 0 Å². The Bertz CT molecular complexity index is 1150. The monoisotopic (exact) mass is 448 g/mol. The Labute approximate surface area is 177 Å². The van der Waals surface area contributed by atoms with Crippen LogP contribution in [0.5, 0.6) is 0 Å². The molecule has 4 heterocycles. The second-order valence-corrected chi connectivity index (χ2v) is 8.11. The van der Waals surface area contributed by atoms with E-state index in [0.29, 0.717) is 11.7 Å². The Morgan fingerprint density at radius 3 is 2.52 bits per heavy atom. The molecule has 3 N–H and O–H groups in total. The van der Waals surface area contributed by atoms with Crippen LogP contribution in [-0.4, -0.2) is 32.7 Å². The molecular formula is C22H21BrN6. The van der Waals surface area contributed by atoms with Crippen molar-refractivity contribution in [2.75, 3.05) is 18.8 Å². The fraction of sp³-hybridized carbons (Fsp3) is 0.227. The fourth-order valence-electron chi connectivity index (χ4n) is 3.92. The molecule has 1 fully saturated rings. The van der Waals surface area contributed by atoms with Crippen LogP contribution >= 0.6 is 15.9 Å². The molecular weight excluding hydrogens is 428 g/mol. The zero-order valence-electron chi connectivity index (χ0n) is 15.8. The van der Waals surface area contributed by atoms with E-state index in [4.69, 9.17) is 10.7 Å². The van der Waals surface area contributed by atoms with E-state index in [9.17, 15) is 0 Å². The number of aromatic nitrogens is 4. The molecule has 0 aliphatic carbocycles. The maximum atomic E-state index is 6.40. The summed E-state index contributed by atoms with van der Waals surface area (Å²) in [7, 11) is 0. The molecule has 1 aliphatic rings. The summed E-state index contributed by atoms with van der Waals surface area (Å²) in [4.78, 5) is 9.64. The maximum absolute atomic E-state index is 6.40. The number of halogens is 1. The van der Waals surface area contributed by atoms with Crippen molar-refractivity contribution in [3.05, 3.63) is 65.0 Å². The zero-order chi connectivity index (χ0) is 19.8. The molecule has 0 spiro atoms. The summed E-state index contributed by atoms with van der Waals surface area (Å²) < 4.78 is 2.55. The number of nitrogen functional groups attached to an aromatic ring is 1. The molecule has 1 saturated heterocycles. The Morgan fingerprint density at radius 1 is 1.00 bits per heavy atom. The first-order chi connectivity index (χ1) is 14.2. The molecule has 0 bridgehead atoms. The number of piperidine rings is 1. The number of nitrogens with two attached hydrogens (primary N) is 1. The highest BCUT2D eigenvalue weighted by Gasteiger charge is 2.23. The van der Waals surface area contributed by atoms with E-state index in [2.05, 4.69) is 49.5 Å². The van der Waals surface area contributed by atoms with Crippen molar-refractivity contribution >= 4 is 27.4 Å². The van der Waals surface area contributed by atoms with Crippen LogP contribution < -0.4 is 11.1 Å². The van der Waals surface area contributed by atoms with Crippen LogP contribution in [0, 0.1) is 0 Å². The van der Waals surface area contributed by atoms with Gasteiger partial charge in [0.15, 0.2) is 5.65 Å². The predicted octanol–water partition coefficient (Wildman–Crippen LogP) is 4.27. The first-order valence-corrected chi connectivity index (χ1v) is 10.6. The van der Waals surface area contributed by atoms with Crippen LogP contribution in [0.15, 0.2) is 59.3 Å². The number of hydrogen-bond acceptors (Lipinski definition) is 5. The van der Waals surface area contributed by atoms with Gasteiger partial charge in [-0.15, -0.1) is 0 Å². The molecule has 0 amide bonds. The van der Waals surface area contributed by atoms with E-state index in [1.165, 1.54) is 0 Å². The van der Waals surface area contributed by atoms with Crippen molar-refractivity contribution in [1.82, 2.24) is 24.9 Å². The highest BCUT2D eigenvalue weighted by atomic mass is 79.9. The summed E-state index contributed by atoms with van der Waals surface area (Å²) in [6.07, 6.45) is 5.80. The van der Waals surface area contributed by atoms with Gasteiger partial charge in [0.1, 0.15) is 5.82 Å². The van der Waals surface area contributed by atoms with E-state index < -0.39 is 0 Å². The van der Waals surface area contributed by atoms with Crippen LogP contribution in [0.1, 0.15) is 24.5 Å². The van der Waals surface area contributed by atoms with Gasteiger partial charge in [0.05, 0.1) is 22.1 Å². The van der Waals surface area contributed by atoms with E-state index in [1.807, 2.05) is 36.7 Å². The van der Waals surface area contributed by atoms with Crippen molar-refractivity contribution in [2.45, 2.75) is 18.8 Å². The molecule has 6 nitrogen and oxygen atoms in total. The molecule has 0 unspecified atom stereocenters. The van der Waals surface area contributed by atoms with E-state index in [-0.39, 0.29) is 0 Å². The topological polar surface area (TPSA) is 81.1 Å². The largest absolute Gasteiger partial charge is 0.383 e. The number of benzene rings is 1. The van der Waals surface area contributed by atoms with Crippen LogP contribution in [-0.2, 0) is 0 Å². The smallest absolute Gasteiger partial charge is 0.165 e. The second kappa shape index (κ2) is 7.57. The van der Waals surface area contributed by atoms with Gasteiger partial charge in [0.2, 0.25) is 0 Å². The first kappa shape index (κ1) is 18.3. The average Bonchev–Trinajstić information content (AvgIpc) is 3.22. The standard InChI is InChI=1S/C22H21BrN6/c23-19-20(15-8-10-25-11-9-15)28-22-17(13-27-29(22)21(19)24)16-6-7-18(26-12-16)14-4-2-1-3-5-14/h1-7,12-13,15,25H,8-11,24H2. The fourth-order valence-corrected chi connectivity index (χ4v) is 4.50. The Morgan fingerprint density at radius 2 is 1.79 bits per heavy atom. The SMILES string of the molecule is Nc1c(Br)c(C2CCNCC2)nc2c(-c3ccc(-c4ccccc4)nc3)cnn12. The number of nitrogens with zero attached hydrogens (tertiary/aromatic N) is 4. The molecule has 1 aliphatic heterocycles. The summed E-state index contributed by atoms with van der Waals surface area (Å²) >= 11 is 3.66. The third kappa shape index (κ3) is 3.30. The lowest BCUT2D eigenvalue weighted by molar-refractivity contribution is 0.452. The lowest BCUT2D eigenvalue weighted by Gasteiger charge is -2.23. The van der Waals surface area contributed by atoms with Gasteiger partial charge in [-0.05, 0) is 47.9 Å². The van der Waals surface area contributed by atoms with Crippen LogP contribution in [0.3, 0.4) is 0 Å². The molecule has 0 atom stereocenters. The third-order valence-corrected chi connectivity index (χ3v) is 6.33. The van der Waals surface area contributed by atoms with Crippen molar-refractivity contribution < 1.29 is 0 Å². The van der Waals surface area contributed by atoms with E-state index in [1.54, 1.807) is 4.52 Å².